The van der Waals surface area contributed by atoms with Gasteiger partial charge in [0.25, 0.3) is 0 Å². The molecule has 1 heterocycles. The molecular weight excluding hydrogens is 204 g/mol. The van der Waals surface area contributed by atoms with Crippen molar-refractivity contribution < 1.29 is 13.2 Å². The average molecular weight is 216 g/mol. The summed E-state index contributed by atoms with van der Waals surface area (Å²) >= 11 is 0. The van der Waals surface area contributed by atoms with Gasteiger partial charge >= 0.3 is 0 Å². The van der Waals surface area contributed by atoms with Crippen molar-refractivity contribution >= 4 is 15.7 Å². The molecule has 0 unspecified atom stereocenters. The first kappa shape index (κ1) is 10.8. The first-order valence-electron chi connectivity index (χ1n) is 4.03. The molecule has 1 aromatic rings. The number of aromatic nitrogens is 1. The van der Waals surface area contributed by atoms with E-state index < -0.39 is 21.5 Å². The molecule has 0 spiro atoms. The fraction of sp³-hybridized carbons (Fsp3) is 0.375. The third-order valence-corrected chi connectivity index (χ3v) is 2.33. The molecule has 0 atom stereocenters. The van der Waals surface area contributed by atoms with Crippen LogP contribution in [0.4, 0.5) is 0 Å². The van der Waals surface area contributed by atoms with Crippen molar-refractivity contribution in [1.82, 2.24) is 10.3 Å². The number of hydrogen-bond donors (Lipinski definition) is 2. The summed E-state index contributed by atoms with van der Waals surface area (Å²) in [7, 11) is -3.23. The van der Waals surface area contributed by atoms with Gasteiger partial charge in [0.05, 0.1) is 0 Å². The third-order valence-electron chi connectivity index (χ3n) is 1.55. The second kappa shape index (κ2) is 4.28. The minimum absolute atomic E-state index is 0.345. The van der Waals surface area contributed by atoms with Crippen LogP contribution >= 0.6 is 0 Å². The standard InChI is InChI=1S/C8H12N2O3S/c1-14(12,13)6-8(11)10-5-7-2-3-9-4-7/h2-4,9H,5-6H2,1H3,(H,10,11). The number of amides is 1. The average Bonchev–Trinajstić information content (AvgIpc) is 2.49. The van der Waals surface area contributed by atoms with Crippen molar-refractivity contribution in [3.8, 4) is 0 Å². The highest BCUT2D eigenvalue weighted by Gasteiger charge is 2.09. The van der Waals surface area contributed by atoms with Gasteiger partial charge in [-0.2, -0.15) is 0 Å². The molecule has 1 aromatic heterocycles. The second-order valence-corrected chi connectivity index (χ2v) is 5.21. The second-order valence-electron chi connectivity index (χ2n) is 3.07. The lowest BCUT2D eigenvalue weighted by Crippen LogP contribution is -2.29. The lowest BCUT2D eigenvalue weighted by Gasteiger charge is -2.01. The van der Waals surface area contributed by atoms with Crippen LogP contribution < -0.4 is 5.32 Å². The van der Waals surface area contributed by atoms with E-state index in [1.165, 1.54) is 0 Å². The van der Waals surface area contributed by atoms with E-state index in [0.717, 1.165) is 11.8 Å². The van der Waals surface area contributed by atoms with E-state index in [9.17, 15) is 13.2 Å². The Morgan fingerprint density at radius 2 is 2.29 bits per heavy atom. The Balaban J connectivity index is 2.36. The first-order valence-corrected chi connectivity index (χ1v) is 6.09. The normalized spacial score (nSPS) is 11.2. The van der Waals surface area contributed by atoms with E-state index >= 15 is 0 Å². The van der Waals surface area contributed by atoms with Crippen LogP contribution in [0, 0.1) is 0 Å². The summed E-state index contributed by atoms with van der Waals surface area (Å²) in [6.45, 7) is 0.345. The number of hydrogen-bond acceptors (Lipinski definition) is 3. The molecule has 6 heteroatoms. The van der Waals surface area contributed by atoms with Crippen molar-refractivity contribution in [3.63, 3.8) is 0 Å². The largest absolute Gasteiger partial charge is 0.367 e. The number of H-pyrrole nitrogens is 1. The van der Waals surface area contributed by atoms with Crippen LogP contribution in [-0.2, 0) is 21.2 Å². The third kappa shape index (κ3) is 4.08. The molecule has 78 valence electrons. The summed E-state index contributed by atoms with van der Waals surface area (Å²) in [5, 5.41) is 2.50. The van der Waals surface area contributed by atoms with E-state index in [0.29, 0.717) is 6.54 Å². The molecule has 0 aliphatic carbocycles. The van der Waals surface area contributed by atoms with Gasteiger partial charge in [0.1, 0.15) is 5.75 Å². The van der Waals surface area contributed by atoms with Gasteiger partial charge in [-0.1, -0.05) is 0 Å². The maximum Gasteiger partial charge on any atom is 0.235 e. The Morgan fingerprint density at radius 3 is 2.79 bits per heavy atom. The summed E-state index contributed by atoms with van der Waals surface area (Å²) in [5.74, 6) is -0.939. The number of nitrogens with one attached hydrogen (secondary N) is 2. The van der Waals surface area contributed by atoms with Crippen LogP contribution in [-0.4, -0.2) is 31.3 Å². The number of aromatic amines is 1. The Kier molecular flexibility index (Phi) is 3.29. The molecule has 0 aliphatic heterocycles. The zero-order valence-electron chi connectivity index (χ0n) is 7.78. The van der Waals surface area contributed by atoms with Gasteiger partial charge in [0, 0.05) is 25.2 Å². The van der Waals surface area contributed by atoms with Crippen molar-refractivity contribution in [2.24, 2.45) is 0 Å². The van der Waals surface area contributed by atoms with E-state index in [4.69, 9.17) is 0 Å². The van der Waals surface area contributed by atoms with Crippen LogP contribution in [0.25, 0.3) is 0 Å². The molecule has 0 fully saturated rings. The van der Waals surface area contributed by atoms with Crippen molar-refractivity contribution in [2.75, 3.05) is 12.0 Å². The summed E-state index contributed by atoms with van der Waals surface area (Å²) in [6.07, 6.45) is 4.50. The van der Waals surface area contributed by atoms with Gasteiger partial charge in [-0.25, -0.2) is 8.42 Å². The predicted octanol–water partition coefficient (Wildman–Crippen LogP) is -0.325. The van der Waals surface area contributed by atoms with Crippen molar-refractivity contribution in [2.45, 2.75) is 6.54 Å². The van der Waals surface area contributed by atoms with Crippen LogP contribution in [0.5, 0.6) is 0 Å². The molecule has 2 N–H and O–H groups in total. The highest BCUT2D eigenvalue weighted by Crippen LogP contribution is 1.94. The molecule has 1 amide bonds. The Labute approximate surface area is 82.4 Å². The quantitative estimate of drug-likeness (QED) is 0.723. The summed E-state index contributed by atoms with van der Waals surface area (Å²) in [6, 6.07) is 1.81. The monoisotopic (exact) mass is 216 g/mol. The fourth-order valence-corrected chi connectivity index (χ4v) is 1.54. The Bertz CT molecular complexity index is 394. The maximum atomic E-state index is 11.1. The summed E-state index contributed by atoms with van der Waals surface area (Å²) in [4.78, 5) is 13.9. The molecule has 1 rings (SSSR count). The van der Waals surface area contributed by atoms with Gasteiger partial charge < -0.3 is 10.3 Å². The van der Waals surface area contributed by atoms with Gasteiger partial charge in [-0.05, 0) is 11.6 Å². The minimum atomic E-state index is -3.23. The SMILES string of the molecule is CS(=O)(=O)CC(=O)NCc1cc[nH]c1. The lowest BCUT2D eigenvalue weighted by atomic mass is 10.3. The number of carbonyl (C=O) groups excluding carboxylic acids is 1. The van der Waals surface area contributed by atoms with E-state index in [-0.39, 0.29) is 0 Å². The summed E-state index contributed by atoms with van der Waals surface area (Å²) in [5.41, 5.74) is 0.909. The number of carbonyl (C=O) groups is 1. The molecule has 0 saturated heterocycles. The van der Waals surface area contributed by atoms with Crippen molar-refractivity contribution in [1.29, 1.82) is 0 Å². The van der Waals surface area contributed by atoms with Gasteiger partial charge in [0.2, 0.25) is 5.91 Å². The first-order chi connectivity index (χ1) is 6.47. The van der Waals surface area contributed by atoms with Crippen LogP contribution in [0.3, 0.4) is 0 Å². The summed E-state index contributed by atoms with van der Waals surface area (Å²) < 4.78 is 21.5. The minimum Gasteiger partial charge on any atom is -0.367 e. The number of sulfone groups is 1. The molecule has 0 aromatic carbocycles. The molecule has 0 aliphatic rings. The zero-order chi connectivity index (χ0) is 10.6. The lowest BCUT2D eigenvalue weighted by molar-refractivity contribution is -0.118. The van der Waals surface area contributed by atoms with E-state index in [2.05, 4.69) is 10.3 Å². The molecular formula is C8H12N2O3S. The topological polar surface area (TPSA) is 79.0 Å². The highest BCUT2D eigenvalue weighted by atomic mass is 32.2. The van der Waals surface area contributed by atoms with Crippen LogP contribution in [0.2, 0.25) is 0 Å². The van der Waals surface area contributed by atoms with E-state index in [1.807, 2.05) is 0 Å². The van der Waals surface area contributed by atoms with E-state index in [1.54, 1.807) is 18.5 Å². The van der Waals surface area contributed by atoms with Gasteiger partial charge in [-0.15, -0.1) is 0 Å². The van der Waals surface area contributed by atoms with Gasteiger partial charge in [-0.3, -0.25) is 4.79 Å². The molecule has 0 bridgehead atoms. The van der Waals surface area contributed by atoms with Gasteiger partial charge in [0.15, 0.2) is 9.84 Å². The molecule has 0 saturated carbocycles. The smallest absolute Gasteiger partial charge is 0.235 e. The Morgan fingerprint density at radius 1 is 1.57 bits per heavy atom. The maximum absolute atomic E-state index is 11.1. The molecule has 14 heavy (non-hydrogen) atoms. The predicted molar refractivity (Wildman–Crippen MR) is 52.4 cm³/mol. The highest BCUT2D eigenvalue weighted by molar-refractivity contribution is 7.91. The zero-order valence-corrected chi connectivity index (χ0v) is 8.60. The molecule has 5 nitrogen and oxygen atoms in total. The Hall–Kier alpha value is -1.30. The van der Waals surface area contributed by atoms with Crippen LogP contribution in [0.15, 0.2) is 18.5 Å². The number of rotatable bonds is 4. The van der Waals surface area contributed by atoms with Crippen LogP contribution in [0.1, 0.15) is 5.56 Å². The van der Waals surface area contributed by atoms with Crippen molar-refractivity contribution in [3.05, 3.63) is 24.0 Å². The molecule has 0 radical (unpaired) electrons. The fourth-order valence-electron chi connectivity index (χ4n) is 0.958.